The van der Waals surface area contributed by atoms with E-state index in [0.717, 1.165) is 0 Å². The normalized spacial score (nSPS) is 11.9. The first kappa shape index (κ1) is 14.8. The van der Waals surface area contributed by atoms with Gasteiger partial charge in [0, 0.05) is 25.4 Å². The third-order valence-electron chi connectivity index (χ3n) is 3.08. The number of nitrogens with two attached hydrogens (primary N) is 1. The van der Waals surface area contributed by atoms with Gasteiger partial charge in [0.15, 0.2) is 0 Å². The molecular formula is C14H17N5O2. The van der Waals surface area contributed by atoms with Crippen molar-refractivity contribution in [2.45, 2.75) is 19.0 Å². The van der Waals surface area contributed by atoms with E-state index in [2.05, 4.69) is 5.10 Å². The van der Waals surface area contributed by atoms with Gasteiger partial charge in [-0.2, -0.15) is 10.4 Å². The molecule has 2 aromatic heterocycles. The van der Waals surface area contributed by atoms with E-state index in [1.54, 1.807) is 42.5 Å². The minimum absolute atomic E-state index is 0.242. The summed E-state index contributed by atoms with van der Waals surface area (Å²) >= 11 is 0. The maximum atomic E-state index is 12.5. The van der Waals surface area contributed by atoms with Crippen LogP contribution in [0.4, 0.5) is 0 Å². The smallest absolute Gasteiger partial charge is 0.244 e. The first-order valence-corrected chi connectivity index (χ1v) is 6.54. The van der Waals surface area contributed by atoms with Crippen LogP contribution in [-0.2, 0) is 18.4 Å². The fourth-order valence-electron chi connectivity index (χ4n) is 1.98. The molecule has 0 bridgehead atoms. The van der Waals surface area contributed by atoms with Gasteiger partial charge in [-0.1, -0.05) is 0 Å². The molecule has 2 rings (SSSR count). The largest absolute Gasteiger partial charge is 0.467 e. The number of carbonyl (C=O) groups excluding carboxylic acids is 1. The van der Waals surface area contributed by atoms with E-state index in [1.807, 2.05) is 6.07 Å². The molecule has 21 heavy (non-hydrogen) atoms. The first-order valence-electron chi connectivity index (χ1n) is 6.54. The van der Waals surface area contributed by atoms with Crippen LogP contribution in [0.25, 0.3) is 0 Å². The second-order valence-corrected chi connectivity index (χ2v) is 4.67. The highest BCUT2D eigenvalue weighted by molar-refractivity contribution is 5.82. The summed E-state index contributed by atoms with van der Waals surface area (Å²) in [5.41, 5.74) is 6.64. The Balaban J connectivity index is 2.11. The monoisotopic (exact) mass is 287 g/mol. The molecule has 0 fully saturated rings. The van der Waals surface area contributed by atoms with Crippen molar-refractivity contribution in [3.8, 4) is 6.07 Å². The third kappa shape index (κ3) is 3.70. The van der Waals surface area contributed by atoms with Gasteiger partial charge in [0.05, 0.1) is 31.5 Å². The molecule has 0 aliphatic rings. The molecule has 2 aromatic rings. The van der Waals surface area contributed by atoms with Gasteiger partial charge in [-0.25, -0.2) is 0 Å². The zero-order chi connectivity index (χ0) is 15.2. The second-order valence-electron chi connectivity index (χ2n) is 4.67. The zero-order valence-corrected chi connectivity index (χ0v) is 11.8. The van der Waals surface area contributed by atoms with Gasteiger partial charge in [-0.3, -0.25) is 9.48 Å². The van der Waals surface area contributed by atoms with E-state index in [0.29, 0.717) is 24.4 Å². The standard InChI is InChI=1S/C14H17N5O2/c1-18-9-11(8-17-18)13(16)14(20)19(6-3-5-15)10-12-4-2-7-21-12/h2,4,7-9,13H,3,6,10,16H2,1H3. The molecule has 7 nitrogen and oxygen atoms in total. The SMILES string of the molecule is Cn1cc(C(N)C(=O)N(CCC#N)Cc2ccco2)cn1. The fourth-order valence-corrected chi connectivity index (χ4v) is 1.98. The molecule has 0 aliphatic carbocycles. The number of nitrogens with zero attached hydrogens (tertiary/aromatic N) is 4. The van der Waals surface area contributed by atoms with Crippen LogP contribution < -0.4 is 5.73 Å². The molecule has 0 spiro atoms. The first-order chi connectivity index (χ1) is 10.1. The van der Waals surface area contributed by atoms with Gasteiger partial charge in [0.1, 0.15) is 11.8 Å². The summed E-state index contributed by atoms with van der Waals surface area (Å²) in [4.78, 5) is 14.0. The molecule has 0 aliphatic heterocycles. The Labute approximate surface area is 122 Å². The quantitative estimate of drug-likeness (QED) is 0.852. The summed E-state index contributed by atoms with van der Waals surface area (Å²) in [5.74, 6) is 0.398. The molecule has 2 N–H and O–H groups in total. The summed E-state index contributed by atoms with van der Waals surface area (Å²) in [7, 11) is 1.76. The van der Waals surface area contributed by atoms with Gasteiger partial charge < -0.3 is 15.1 Å². The van der Waals surface area contributed by atoms with Crippen molar-refractivity contribution < 1.29 is 9.21 Å². The lowest BCUT2D eigenvalue weighted by Gasteiger charge is -2.23. The minimum atomic E-state index is -0.799. The predicted octanol–water partition coefficient (Wildman–Crippen LogP) is 0.955. The molecule has 1 atom stereocenters. The van der Waals surface area contributed by atoms with Gasteiger partial charge in [-0.05, 0) is 12.1 Å². The Morgan fingerprint density at radius 2 is 2.48 bits per heavy atom. The number of aromatic nitrogens is 2. The highest BCUT2D eigenvalue weighted by Gasteiger charge is 2.24. The number of hydrogen-bond donors (Lipinski definition) is 1. The van der Waals surface area contributed by atoms with Crippen molar-refractivity contribution in [3.63, 3.8) is 0 Å². The summed E-state index contributed by atoms with van der Waals surface area (Å²) in [5, 5.41) is 12.7. The van der Waals surface area contributed by atoms with E-state index >= 15 is 0 Å². The Bertz CT molecular complexity index is 626. The van der Waals surface area contributed by atoms with E-state index in [9.17, 15) is 4.79 Å². The topological polar surface area (TPSA) is 101 Å². The van der Waals surface area contributed by atoms with E-state index < -0.39 is 6.04 Å². The summed E-state index contributed by atoms with van der Waals surface area (Å²) < 4.78 is 6.84. The van der Waals surface area contributed by atoms with E-state index in [-0.39, 0.29) is 12.3 Å². The van der Waals surface area contributed by atoms with Crippen LogP contribution in [-0.4, -0.2) is 27.1 Å². The molecule has 2 heterocycles. The number of rotatable bonds is 6. The fraction of sp³-hybridized carbons (Fsp3) is 0.357. The Morgan fingerprint density at radius 1 is 1.67 bits per heavy atom. The Morgan fingerprint density at radius 3 is 3.05 bits per heavy atom. The lowest BCUT2D eigenvalue weighted by Crippen LogP contribution is -2.38. The summed E-state index contributed by atoms with van der Waals surface area (Å²) in [6, 6.07) is 4.77. The molecule has 0 radical (unpaired) electrons. The number of furan rings is 1. The maximum Gasteiger partial charge on any atom is 0.244 e. The molecule has 110 valence electrons. The molecular weight excluding hydrogens is 270 g/mol. The van der Waals surface area contributed by atoms with Gasteiger partial charge in [-0.15, -0.1) is 0 Å². The molecule has 7 heteroatoms. The summed E-state index contributed by atoms with van der Waals surface area (Å²) in [6.07, 6.45) is 5.06. The van der Waals surface area contributed by atoms with Gasteiger partial charge in [0.25, 0.3) is 0 Å². The van der Waals surface area contributed by atoms with Crippen molar-refractivity contribution in [3.05, 3.63) is 42.1 Å². The van der Waals surface area contributed by atoms with E-state index in [4.69, 9.17) is 15.4 Å². The predicted molar refractivity (Wildman–Crippen MR) is 74.5 cm³/mol. The molecule has 1 amide bonds. The number of nitriles is 1. The maximum absolute atomic E-state index is 12.5. The van der Waals surface area contributed by atoms with Crippen LogP contribution in [0.5, 0.6) is 0 Å². The van der Waals surface area contributed by atoms with Crippen LogP contribution in [0.1, 0.15) is 23.8 Å². The van der Waals surface area contributed by atoms with Crippen molar-refractivity contribution in [1.29, 1.82) is 5.26 Å². The Hall–Kier alpha value is -2.59. The molecule has 0 saturated carbocycles. The van der Waals surface area contributed by atoms with Crippen molar-refractivity contribution >= 4 is 5.91 Å². The molecule has 0 aromatic carbocycles. The number of carbonyl (C=O) groups is 1. The van der Waals surface area contributed by atoms with Crippen molar-refractivity contribution in [2.24, 2.45) is 12.8 Å². The van der Waals surface area contributed by atoms with Gasteiger partial charge >= 0.3 is 0 Å². The van der Waals surface area contributed by atoms with Crippen LogP contribution >= 0.6 is 0 Å². The Kier molecular flexibility index (Phi) is 4.74. The van der Waals surface area contributed by atoms with Crippen LogP contribution in [0.15, 0.2) is 35.2 Å². The summed E-state index contributed by atoms with van der Waals surface area (Å²) in [6.45, 7) is 0.603. The van der Waals surface area contributed by atoms with Crippen molar-refractivity contribution in [1.82, 2.24) is 14.7 Å². The highest BCUT2D eigenvalue weighted by Crippen LogP contribution is 2.15. The van der Waals surface area contributed by atoms with Crippen LogP contribution in [0, 0.1) is 11.3 Å². The lowest BCUT2D eigenvalue weighted by atomic mass is 10.1. The van der Waals surface area contributed by atoms with E-state index in [1.165, 1.54) is 4.90 Å². The molecule has 0 saturated heterocycles. The van der Waals surface area contributed by atoms with Crippen LogP contribution in [0.2, 0.25) is 0 Å². The second kappa shape index (κ2) is 6.72. The van der Waals surface area contributed by atoms with Crippen molar-refractivity contribution in [2.75, 3.05) is 6.54 Å². The lowest BCUT2D eigenvalue weighted by molar-refractivity contribution is -0.133. The number of aryl methyl sites for hydroxylation is 1. The number of amides is 1. The average molecular weight is 287 g/mol. The zero-order valence-electron chi connectivity index (χ0n) is 11.8. The highest BCUT2D eigenvalue weighted by atomic mass is 16.3. The minimum Gasteiger partial charge on any atom is -0.467 e. The average Bonchev–Trinajstić information content (AvgIpc) is 3.13. The van der Waals surface area contributed by atoms with Gasteiger partial charge in [0.2, 0.25) is 5.91 Å². The van der Waals surface area contributed by atoms with Crippen LogP contribution in [0.3, 0.4) is 0 Å². The third-order valence-corrected chi connectivity index (χ3v) is 3.08. The number of hydrogen-bond acceptors (Lipinski definition) is 5. The molecule has 1 unspecified atom stereocenters.